The summed E-state index contributed by atoms with van der Waals surface area (Å²) in [6.07, 6.45) is 1.63. The van der Waals surface area contributed by atoms with Crippen LogP contribution in [0.1, 0.15) is 31.2 Å². The molecule has 0 saturated heterocycles. The van der Waals surface area contributed by atoms with Crippen molar-refractivity contribution in [3.05, 3.63) is 29.8 Å². The lowest BCUT2D eigenvalue weighted by atomic mass is 9.91. The molecule has 2 rings (SSSR count). The Bertz CT molecular complexity index is 391. The lowest BCUT2D eigenvalue weighted by Crippen LogP contribution is -2.36. The third kappa shape index (κ3) is 2.14. The fraction of sp³-hybridized carbons (Fsp3) is 0.462. The fourth-order valence-electron chi connectivity index (χ4n) is 2.22. The van der Waals surface area contributed by atoms with Gasteiger partial charge in [0.2, 0.25) is 5.91 Å². The summed E-state index contributed by atoms with van der Waals surface area (Å²) in [5, 5.41) is 0.736. The zero-order chi connectivity index (χ0) is 11.5. The molecule has 1 aromatic carbocycles. The maximum atomic E-state index is 12.0. The highest BCUT2D eigenvalue weighted by Crippen LogP contribution is 2.34. The Morgan fingerprint density at radius 2 is 2.25 bits per heavy atom. The molecular weight excluding hydrogens is 266 g/mol. The highest BCUT2D eigenvalue weighted by atomic mass is 79.9. The predicted molar refractivity (Wildman–Crippen MR) is 70.2 cm³/mol. The molecule has 0 unspecified atom stereocenters. The molecule has 0 saturated carbocycles. The van der Waals surface area contributed by atoms with Crippen molar-refractivity contribution in [1.29, 1.82) is 0 Å². The van der Waals surface area contributed by atoms with E-state index >= 15 is 0 Å². The zero-order valence-electron chi connectivity index (χ0n) is 9.45. The second-order valence-corrected chi connectivity index (χ2v) is 5.03. The molecule has 1 heterocycles. The number of halogens is 1. The van der Waals surface area contributed by atoms with Crippen molar-refractivity contribution in [3.63, 3.8) is 0 Å². The summed E-state index contributed by atoms with van der Waals surface area (Å²) in [4.78, 5) is 13.9. The second kappa shape index (κ2) is 5.00. The Balaban J connectivity index is 2.31. The van der Waals surface area contributed by atoms with Gasteiger partial charge in [0.05, 0.1) is 0 Å². The molecule has 1 amide bonds. The first kappa shape index (κ1) is 11.6. The number of rotatable bonds is 2. The third-order valence-corrected chi connectivity index (χ3v) is 3.55. The number of benzene rings is 1. The van der Waals surface area contributed by atoms with Gasteiger partial charge in [-0.2, -0.15) is 0 Å². The highest BCUT2D eigenvalue weighted by molar-refractivity contribution is 9.09. The Morgan fingerprint density at radius 1 is 1.50 bits per heavy atom. The van der Waals surface area contributed by atoms with Gasteiger partial charge in [-0.1, -0.05) is 41.1 Å². The van der Waals surface area contributed by atoms with Crippen LogP contribution in [-0.4, -0.2) is 17.8 Å². The molecule has 1 aliphatic heterocycles. The first-order valence-corrected chi connectivity index (χ1v) is 6.81. The van der Waals surface area contributed by atoms with E-state index in [1.54, 1.807) is 0 Å². The summed E-state index contributed by atoms with van der Waals surface area (Å²) in [5.41, 5.74) is 2.41. The van der Waals surface area contributed by atoms with E-state index in [9.17, 15) is 4.79 Å². The molecule has 0 fully saturated rings. The van der Waals surface area contributed by atoms with Gasteiger partial charge in [-0.15, -0.1) is 0 Å². The van der Waals surface area contributed by atoms with Gasteiger partial charge in [0.15, 0.2) is 0 Å². The van der Waals surface area contributed by atoms with E-state index in [0.29, 0.717) is 12.3 Å². The molecule has 86 valence electrons. The van der Waals surface area contributed by atoms with Gasteiger partial charge in [0, 0.05) is 24.0 Å². The van der Waals surface area contributed by atoms with E-state index in [0.717, 1.165) is 24.0 Å². The summed E-state index contributed by atoms with van der Waals surface area (Å²) in [7, 11) is 0. The third-order valence-electron chi connectivity index (χ3n) is 3.15. The number of carbonyl (C=O) groups is 1. The molecule has 2 nitrogen and oxygen atoms in total. The Morgan fingerprint density at radius 3 is 3.00 bits per heavy atom. The van der Waals surface area contributed by atoms with Crippen LogP contribution in [0.2, 0.25) is 0 Å². The number of carbonyl (C=O) groups excluding carboxylic acids is 1. The number of fused-ring (bicyclic) bond motifs is 1. The van der Waals surface area contributed by atoms with Gasteiger partial charge in [-0.3, -0.25) is 4.79 Å². The number of anilines is 1. The minimum absolute atomic E-state index is 0.219. The summed E-state index contributed by atoms with van der Waals surface area (Å²) in [6.45, 7) is 3.08. The van der Waals surface area contributed by atoms with Gasteiger partial charge >= 0.3 is 0 Å². The Hall–Kier alpha value is -0.830. The van der Waals surface area contributed by atoms with Gasteiger partial charge in [0.25, 0.3) is 0 Å². The Labute approximate surface area is 105 Å². The smallest absolute Gasteiger partial charge is 0.227 e. The predicted octanol–water partition coefficient (Wildman–Crippen LogP) is 3.31. The normalized spacial score (nSPS) is 19.4. The summed E-state index contributed by atoms with van der Waals surface area (Å²) in [5.74, 6) is 0.778. The summed E-state index contributed by atoms with van der Waals surface area (Å²) >= 11 is 3.32. The van der Waals surface area contributed by atoms with Gasteiger partial charge in [-0.25, -0.2) is 0 Å². The minimum Gasteiger partial charge on any atom is -0.312 e. The zero-order valence-corrected chi connectivity index (χ0v) is 11.0. The number of hydrogen-bond donors (Lipinski definition) is 0. The van der Waals surface area contributed by atoms with Gasteiger partial charge in [0.1, 0.15) is 0 Å². The molecular formula is C13H16BrNO. The SMILES string of the molecule is C[C@@H]1CCN(C(=O)CCBr)c2ccccc21. The van der Waals surface area contributed by atoms with Crippen LogP contribution in [0.25, 0.3) is 0 Å². The van der Waals surface area contributed by atoms with Crippen LogP contribution in [0.4, 0.5) is 5.69 Å². The molecule has 16 heavy (non-hydrogen) atoms. The van der Waals surface area contributed by atoms with E-state index in [-0.39, 0.29) is 5.91 Å². The van der Waals surface area contributed by atoms with Crippen LogP contribution < -0.4 is 4.90 Å². The summed E-state index contributed by atoms with van der Waals surface area (Å²) < 4.78 is 0. The number of amides is 1. The maximum absolute atomic E-state index is 12.0. The van der Waals surface area contributed by atoms with Crippen molar-refractivity contribution in [2.75, 3.05) is 16.8 Å². The largest absolute Gasteiger partial charge is 0.312 e. The molecule has 0 aromatic heterocycles. The standard InChI is InChI=1S/C13H16BrNO/c1-10-7-9-15(13(16)6-8-14)12-5-3-2-4-11(10)12/h2-5,10H,6-9H2,1H3/t10-/m1/s1. The van der Waals surface area contributed by atoms with Crippen molar-refractivity contribution >= 4 is 27.5 Å². The van der Waals surface area contributed by atoms with E-state index in [1.165, 1.54) is 5.56 Å². The van der Waals surface area contributed by atoms with Gasteiger partial charge in [-0.05, 0) is 24.0 Å². The number of para-hydroxylation sites is 1. The second-order valence-electron chi connectivity index (χ2n) is 4.23. The molecule has 1 atom stereocenters. The molecule has 0 spiro atoms. The van der Waals surface area contributed by atoms with Crippen molar-refractivity contribution in [2.24, 2.45) is 0 Å². The van der Waals surface area contributed by atoms with Crippen molar-refractivity contribution in [3.8, 4) is 0 Å². The Kier molecular flexibility index (Phi) is 3.64. The van der Waals surface area contributed by atoms with Crippen LogP contribution in [0.15, 0.2) is 24.3 Å². The van der Waals surface area contributed by atoms with Crippen LogP contribution in [0, 0.1) is 0 Å². The number of alkyl halides is 1. The van der Waals surface area contributed by atoms with E-state index in [4.69, 9.17) is 0 Å². The molecule has 1 aromatic rings. The quantitative estimate of drug-likeness (QED) is 0.762. The van der Waals surface area contributed by atoms with Crippen LogP contribution >= 0.6 is 15.9 Å². The number of hydrogen-bond acceptors (Lipinski definition) is 1. The molecule has 0 aliphatic carbocycles. The van der Waals surface area contributed by atoms with Crippen molar-refractivity contribution in [2.45, 2.75) is 25.7 Å². The van der Waals surface area contributed by atoms with Crippen molar-refractivity contribution < 1.29 is 4.79 Å². The average Bonchev–Trinajstić information content (AvgIpc) is 2.30. The minimum atomic E-state index is 0.219. The van der Waals surface area contributed by atoms with Crippen LogP contribution in [0.5, 0.6) is 0 Å². The van der Waals surface area contributed by atoms with E-state index in [2.05, 4.69) is 35.0 Å². The highest BCUT2D eigenvalue weighted by Gasteiger charge is 2.25. The van der Waals surface area contributed by atoms with Crippen LogP contribution in [-0.2, 0) is 4.79 Å². The van der Waals surface area contributed by atoms with E-state index < -0.39 is 0 Å². The molecule has 0 bridgehead atoms. The first-order chi connectivity index (χ1) is 7.74. The summed E-state index contributed by atoms with van der Waals surface area (Å²) in [6, 6.07) is 8.24. The average molecular weight is 282 g/mol. The first-order valence-electron chi connectivity index (χ1n) is 5.69. The van der Waals surface area contributed by atoms with Gasteiger partial charge < -0.3 is 4.90 Å². The molecule has 3 heteroatoms. The fourth-order valence-corrected chi connectivity index (χ4v) is 2.56. The molecule has 0 N–H and O–H groups in total. The van der Waals surface area contributed by atoms with Crippen LogP contribution in [0.3, 0.4) is 0 Å². The number of nitrogens with zero attached hydrogens (tertiary/aromatic N) is 1. The topological polar surface area (TPSA) is 20.3 Å². The lowest BCUT2D eigenvalue weighted by molar-refractivity contribution is -0.118. The maximum Gasteiger partial charge on any atom is 0.227 e. The van der Waals surface area contributed by atoms with Crippen molar-refractivity contribution in [1.82, 2.24) is 0 Å². The molecule has 1 aliphatic rings. The van der Waals surface area contributed by atoms with E-state index in [1.807, 2.05) is 17.0 Å². The molecule has 0 radical (unpaired) electrons. The monoisotopic (exact) mass is 281 g/mol. The lowest BCUT2D eigenvalue weighted by Gasteiger charge is -2.32.